The van der Waals surface area contributed by atoms with Gasteiger partial charge >= 0.3 is 39.5 Å². The highest BCUT2D eigenvalue weighted by molar-refractivity contribution is 7.47. The molecule has 3 N–H and O–H groups in total. The molecule has 0 aliphatic rings. The van der Waals surface area contributed by atoms with Gasteiger partial charge in [0.1, 0.15) is 19.3 Å². The molecule has 552 valence electrons. The lowest BCUT2D eigenvalue weighted by Gasteiger charge is -2.21. The minimum absolute atomic E-state index is 0.102. The monoisotopic (exact) mass is 1370 g/mol. The Bertz CT molecular complexity index is 1830. The molecule has 0 spiro atoms. The van der Waals surface area contributed by atoms with Gasteiger partial charge in [-0.3, -0.25) is 37.3 Å². The van der Waals surface area contributed by atoms with Gasteiger partial charge < -0.3 is 33.8 Å². The fourth-order valence-electron chi connectivity index (χ4n) is 11.2. The van der Waals surface area contributed by atoms with Crippen LogP contribution in [0, 0.1) is 23.7 Å². The Hall–Kier alpha value is -1.94. The van der Waals surface area contributed by atoms with Crippen LogP contribution >= 0.6 is 15.6 Å². The number of carbonyl (C=O) groups is 4. The Morgan fingerprint density at radius 2 is 0.452 bits per heavy atom. The zero-order valence-corrected chi connectivity index (χ0v) is 62.7. The minimum Gasteiger partial charge on any atom is -0.462 e. The van der Waals surface area contributed by atoms with Crippen LogP contribution in [0.4, 0.5) is 0 Å². The molecule has 19 heteroatoms. The summed E-state index contributed by atoms with van der Waals surface area (Å²) in [5.41, 5.74) is 0. The molecule has 0 aromatic heterocycles. The van der Waals surface area contributed by atoms with Gasteiger partial charge in [0, 0.05) is 25.7 Å². The first kappa shape index (κ1) is 91.1. The van der Waals surface area contributed by atoms with Gasteiger partial charge in [-0.2, -0.15) is 0 Å². The Morgan fingerprint density at radius 3 is 0.667 bits per heavy atom. The summed E-state index contributed by atoms with van der Waals surface area (Å²) >= 11 is 0. The van der Waals surface area contributed by atoms with Crippen LogP contribution in [0.3, 0.4) is 0 Å². The number of unbranched alkanes of at least 4 members (excludes halogenated alkanes) is 37. The van der Waals surface area contributed by atoms with E-state index < -0.39 is 97.5 Å². The fraction of sp³-hybridized carbons (Fsp3) is 0.946. The van der Waals surface area contributed by atoms with Gasteiger partial charge in [0.25, 0.3) is 0 Å². The first-order valence-electron chi connectivity index (χ1n) is 38.2. The molecule has 0 aromatic carbocycles. The molecule has 93 heavy (non-hydrogen) atoms. The van der Waals surface area contributed by atoms with E-state index in [2.05, 4.69) is 55.4 Å². The van der Waals surface area contributed by atoms with Crippen molar-refractivity contribution in [1.29, 1.82) is 0 Å². The summed E-state index contributed by atoms with van der Waals surface area (Å²) in [6, 6.07) is 0. The number of phosphoric ester groups is 2. The normalized spacial score (nSPS) is 14.2. The Kier molecular flexibility index (Phi) is 62.2. The van der Waals surface area contributed by atoms with Gasteiger partial charge in [0.05, 0.1) is 26.4 Å². The van der Waals surface area contributed by atoms with Gasteiger partial charge in [0.2, 0.25) is 0 Å². The molecular formula is C74H144O17P2. The number of aliphatic hydroxyl groups is 1. The van der Waals surface area contributed by atoms with Crippen LogP contribution in [-0.4, -0.2) is 96.7 Å². The number of phosphoric acid groups is 2. The SMILES string of the molecule is CC(C)CCCCCCCCCCCCCCCCC(=O)OC[C@H](COP(=O)(O)OCC(O)COP(=O)(O)OC[C@@H](COC(=O)CCCCCCCCCC(C)C)OC(=O)CCCCCCCCCC(C)C)OC(=O)CCCCCCCCCCCCCCCC(C)C. The topological polar surface area (TPSA) is 237 Å². The Labute approximate surface area is 568 Å². The van der Waals surface area contributed by atoms with Gasteiger partial charge in [-0.05, 0) is 49.4 Å². The van der Waals surface area contributed by atoms with Crippen LogP contribution in [-0.2, 0) is 65.4 Å². The third-order valence-corrected chi connectivity index (χ3v) is 19.0. The van der Waals surface area contributed by atoms with Gasteiger partial charge in [0.15, 0.2) is 12.2 Å². The second-order valence-electron chi connectivity index (χ2n) is 28.6. The maximum atomic E-state index is 13.1. The molecule has 0 aliphatic carbocycles. The van der Waals surface area contributed by atoms with Crippen molar-refractivity contribution in [3.8, 4) is 0 Å². The van der Waals surface area contributed by atoms with E-state index in [9.17, 15) is 43.2 Å². The second kappa shape index (κ2) is 63.5. The Morgan fingerprint density at radius 1 is 0.269 bits per heavy atom. The van der Waals surface area contributed by atoms with Crippen LogP contribution in [0.15, 0.2) is 0 Å². The molecule has 0 saturated heterocycles. The van der Waals surface area contributed by atoms with E-state index in [0.717, 1.165) is 108 Å². The largest absolute Gasteiger partial charge is 0.472 e. The molecular weight excluding hydrogens is 1220 g/mol. The lowest BCUT2D eigenvalue weighted by molar-refractivity contribution is -0.161. The van der Waals surface area contributed by atoms with Crippen molar-refractivity contribution in [2.24, 2.45) is 23.7 Å². The summed E-state index contributed by atoms with van der Waals surface area (Å²) in [6.07, 6.45) is 47.4. The smallest absolute Gasteiger partial charge is 0.462 e. The second-order valence-corrected chi connectivity index (χ2v) is 31.5. The zero-order valence-electron chi connectivity index (χ0n) is 60.9. The molecule has 0 aliphatic heterocycles. The molecule has 0 saturated carbocycles. The van der Waals surface area contributed by atoms with Crippen LogP contribution in [0.2, 0.25) is 0 Å². The quantitative estimate of drug-likeness (QED) is 0.0222. The summed E-state index contributed by atoms with van der Waals surface area (Å²) in [4.78, 5) is 72.7. The van der Waals surface area contributed by atoms with Gasteiger partial charge in [-0.1, -0.05) is 319 Å². The lowest BCUT2D eigenvalue weighted by Crippen LogP contribution is -2.30. The molecule has 3 unspecified atom stereocenters. The van der Waals surface area contributed by atoms with Crippen LogP contribution < -0.4 is 0 Å². The highest BCUT2D eigenvalue weighted by Crippen LogP contribution is 2.45. The predicted molar refractivity (Wildman–Crippen MR) is 377 cm³/mol. The highest BCUT2D eigenvalue weighted by atomic mass is 31.2. The van der Waals surface area contributed by atoms with Crippen molar-refractivity contribution in [2.75, 3.05) is 39.6 Å². The molecule has 0 bridgehead atoms. The maximum absolute atomic E-state index is 13.1. The van der Waals surface area contributed by atoms with Crippen molar-refractivity contribution in [3.63, 3.8) is 0 Å². The first-order valence-corrected chi connectivity index (χ1v) is 41.2. The maximum Gasteiger partial charge on any atom is 0.472 e. The molecule has 0 radical (unpaired) electrons. The molecule has 0 heterocycles. The van der Waals surface area contributed by atoms with Crippen LogP contribution in [0.5, 0.6) is 0 Å². The lowest BCUT2D eigenvalue weighted by atomic mass is 10.0. The van der Waals surface area contributed by atoms with E-state index in [1.54, 1.807) is 0 Å². The number of esters is 4. The van der Waals surface area contributed by atoms with E-state index >= 15 is 0 Å². The fourth-order valence-corrected chi connectivity index (χ4v) is 12.8. The summed E-state index contributed by atoms with van der Waals surface area (Å²) in [7, 11) is -9.91. The summed E-state index contributed by atoms with van der Waals surface area (Å²) in [6.45, 7) is 14.1. The van der Waals surface area contributed by atoms with Crippen molar-refractivity contribution in [1.82, 2.24) is 0 Å². The number of carbonyl (C=O) groups excluding carboxylic acids is 4. The van der Waals surface area contributed by atoms with E-state index in [1.165, 1.54) is 167 Å². The standard InChI is InChI=1S/C74H144O17P2/c1-64(2)50-42-34-26-20-16-12-9-10-14-18-22-30-38-46-54-71(76)84-60-69(90-73(78)56-48-40-31-23-19-15-11-13-17-21-27-35-43-51-65(3)4)62-88-92(80,81)86-58-68(75)59-87-93(82,83)89-63-70(91-74(79)57-49-41-33-25-29-37-45-53-67(7)8)61-85-72(77)55-47-39-32-24-28-36-44-52-66(5)6/h64-70,75H,9-63H2,1-8H3,(H,80,81)(H,82,83)/t68?,69-,70-/m1/s1. The molecule has 5 atom stereocenters. The molecule has 0 rings (SSSR count). The molecule has 0 fully saturated rings. The number of rotatable bonds is 71. The van der Waals surface area contributed by atoms with E-state index in [4.69, 9.17) is 37.0 Å². The van der Waals surface area contributed by atoms with Gasteiger partial charge in [-0.25, -0.2) is 9.13 Å². The third kappa shape index (κ3) is 68.4. The predicted octanol–water partition coefficient (Wildman–Crippen LogP) is 21.3. The summed E-state index contributed by atoms with van der Waals surface area (Å²) in [5, 5.41) is 10.6. The van der Waals surface area contributed by atoms with Crippen molar-refractivity contribution < 1.29 is 80.2 Å². The minimum atomic E-state index is -4.96. The molecule has 0 aromatic rings. The third-order valence-electron chi connectivity index (χ3n) is 17.1. The summed E-state index contributed by atoms with van der Waals surface area (Å²) < 4.78 is 68.4. The zero-order chi connectivity index (χ0) is 68.9. The Balaban J connectivity index is 5.23. The van der Waals surface area contributed by atoms with E-state index in [0.29, 0.717) is 37.5 Å². The highest BCUT2D eigenvalue weighted by Gasteiger charge is 2.30. The number of hydrogen-bond acceptors (Lipinski definition) is 15. The number of hydrogen-bond donors (Lipinski definition) is 3. The van der Waals surface area contributed by atoms with E-state index in [1.807, 2.05) is 0 Å². The average Bonchev–Trinajstić information content (AvgIpc) is 2.67. The number of ether oxygens (including phenoxy) is 4. The van der Waals surface area contributed by atoms with Crippen LogP contribution in [0.25, 0.3) is 0 Å². The van der Waals surface area contributed by atoms with E-state index in [-0.39, 0.29) is 25.7 Å². The van der Waals surface area contributed by atoms with Crippen LogP contribution in [0.1, 0.15) is 370 Å². The average molecular weight is 1370 g/mol. The van der Waals surface area contributed by atoms with Crippen molar-refractivity contribution in [3.05, 3.63) is 0 Å². The molecule has 17 nitrogen and oxygen atoms in total. The van der Waals surface area contributed by atoms with Crippen molar-refractivity contribution in [2.45, 2.75) is 388 Å². The number of aliphatic hydroxyl groups excluding tert-OH is 1. The summed E-state index contributed by atoms with van der Waals surface area (Å²) in [5.74, 6) is 0.860. The van der Waals surface area contributed by atoms with Crippen molar-refractivity contribution >= 4 is 39.5 Å². The first-order chi connectivity index (χ1) is 44.6. The molecule has 0 amide bonds. The van der Waals surface area contributed by atoms with Gasteiger partial charge in [-0.15, -0.1) is 0 Å².